The fraction of sp³-hybridized carbons (Fsp3) is 0.667. The maximum Gasteiger partial charge on any atom is 0.237 e. The molecule has 1 radical (unpaired) electrons. The average Bonchev–Trinajstić information content (AvgIpc) is 2.31. The van der Waals surface area contributed by atoms with E-state index in [9.17, 15) is 4.79 Å². The van der Waals surface area contributed by atoms with Crippen molar-refractivity contribution >= 4 is 0 Å². The summed E-state index contributed by atoms with van der Waals surface area (Å²) in [7, 11) is 0. The van der Waals surface area contributed by atoms with Gasteiger partial charge in [0.05, 0.1) is 5.76 Å². The van der Waals surface area contributed by atoms with Gasteiger partial charge in [-0.2, -0.15) is 0 Å². The largest absolute Gasteiger partial charge is 0.591 e. The van der Waals surface area contributed by atoms with Crippen LogP contribution in [0.15, 0.2) is 9.21 Å². The van der Waals surface area contributed by atoms with Crippen LogP contribution >= 0.6 is 0 Å². The van der Waals surface area contributed by atoms with Crippen molar-refractivity contribution in [2.75, 3.05) is 0 Å². The first kappa shape index (κ1) is 13.1. The second-order valence-electron chi connectivity index (χ2n) is 3.54. The molecular formula is C9H14NO2Y-. The molecule has 0 aliphatic heterocycles. The zero-order chi connectivity index (χ0) is 9.30. The molecule has 0 amide bonds. The second kappa shape index (κ2) is 5.11. The molecule has 1 aromatic rings. The van der Waals surface area contributed by atoms with Gasteiger partial charge in [-0.05, 0) is 5.92 Å². The molecule has 0 aliphatic carbocycles. The monoisotopic (exact) mass is 257 g/mol. The first-order valence-electron chi connectivity index (χ1n) is 4.20. The van der Waals surface area contributed by atoms with E-state index in [1.165, 1.54) is 0 Å². The molecule has 0 spiro atoms. The zero-order valence-corrected chi connectivity index (χ0v) is 11.3. The predicted octanol–water partition coefficient (Wildman–Crippen LogP) is 1.84. The maximum absolute atomic E-state index is 10.8. The van der Waals surface area contributed by atoms with Crippen molar-refractivity contribution in [3.8, 4) is 0 Å². The Kier molecular flexibility index (Phi) is 5.15. The van der Waals surface area contributed by atoms with Crippen LogP contribution in [0.2, 0.25) is 0 Å². The molecule has 0 fully saturated rings. The summed E-state index contributed by atoms with van der Waals surface area (Å²) in [6.07, 6.45) is 0. The minimum atomic E-state index is -0.470. The van der Waals surface area contributed by atoms with Crippen LogP contribution in [-0.2, 0) is 32.7 Å². The van der Waals surface area contributed by atoms with Crippen molar-refractivity contribution in [3.05, 3.63) is 22.0 Å². The van der Waals surface area contributed by atoms with E-state index >= 15 is 0 Å². The van der Waals surface area contributed by atoms with Gasteiger partial charge in [0.2, 0.25) is 5.76 Å². The van der Waals surface area contributed by atoms with Crippen LogP contribution in [0.4, 0.5) is 0 Å². The summed E-state index contributed by atoms with van der Waals surface area (Å²) in [5.41, 5.74) is 0.801. The van der Waals surface area contributed by atoms with Crippen LogP contribution < -0.4 is 10.7 Å². The Labute approximate surface area is 103 Å². The third-order valence-electron chi connectivity index (χ3n) is 1.73. The zero-order valence-electron chi connectivity index (χ0n) is 8.50. The fourth-order valence-electron chi connectivity index (χ4n) is 1.15. The molecule has 0 bridgehead atoms. The number of aromatic nitrogens is 1. The summed E-state index contributed by atoms with van der Waals surface area (Å²) in [6, 6.07) is 0. The van der Waals surface area contributed by atoms with E-state index in [-0.39, 0.29) is 44.5 Å². The van der Waals surface area contributed by atoms with Crippen molar-refractivity contribution in [1.82, 2.24) is 4.98 Å². The first-order chi connectivity index (χ1) is 5.52. The Morgan fingerprint density at radius 2 is 1.69 bits per heavy atom. The minimum absolute atomic E-state index is 0. The van der Waals surface area contributed by atoms with Gasteiger partial charge >= 0.3 is 0 Å². The standard InChI is InChI=1S/C9H15NO2.Y/c1-5(2)7-8(6(3)4)12-9(11)10-7;/h5-6H,1-4H3,(H,10,11);/p-1. The quantitative estimate of drug-likeness (QED) is 0.812. The SMILES string of the molecule is CC(C)c1[n-]c(=O)oc1C(C)C.[Y]. The number of nitrogens with zero attached hydrogens (tertiary/aromatic N) is 1. The topological polar surface area (TPSA) is 44.3 Å². The molecule has 0 unspecified atom stereocenters. The van der Waals surface area contributed by atoms with Crippen molar-refractivity contribution in [1.29, 1.82) is 0 Å². The molecule has 0 saturated carbocycles. The Bertz CT molecular complexity index is 283. The van der Waals surface area contributed by atoms with Crippen LogP contribution in [0.5, 0.6) is 0 Å². The molecule has 13 heavy (non-hydrogen) atoms. The van der Waals surface area contributed by atoms with Gasteiger partial charge in [0.15, 0.2) is 0 Å². The van der Waals surface area contributed by atoms with Crippen molar-refractivity contribution in [2.24, 2.45) is 0 Å². The Morgan fingerprint density at radius 1 is 1.15 bits per heavy atom. The molecular weight excluding hydrogens is 243 g/mol. The van der Waals surface area contributed by atoms with E-state index < -0.39 is 5.76 Å². The van der Waals surface area contributed by atoms with E-state index in [0.29, 0.717) is 0 Å². The fourth-order valence-corrected chi connectivity index (χ4v) is 1.15. The molecule has 71 valence electrons. The summed E-state index contributed by atoms with van der Waals surface area (Å²) >= 11 is 0. The summed E-state index contributed by atoms with van der Waals surface area (Å²) in [5.74, 6) is 0.754. The van der Waals surface area contributed by atoms with E-state index in [0.717, 1.165) is 11.5 Å². The van der Waals surface area contributed by atoms with E-state index in [1.807, 2.05) is 27.7 Å². The van der Waals surface area contributed by atoms with E-state index in [4.69, 9.17) is 4.42 Å². The molecule has 0 atom stereocenters. The van der Waals surface area contributed by atoms with Crippen molar-refractivity contribution in [3.63, 3.8) is 0 Å². The van der Waals surface area contributed by atoms with Crippen LogP contribution in [0.3, 0.4) is 0 Å². The summed E-state index contributed by atoms with van der Waals surface area (Å²) in [6.45, 7) is 7.99. The predicted molar refractivity (Wildman–Crippen MR) is 46.5 cm³/mol. The normalized spacial score (nSPS) is 10.6. The Morgan fingerprint density at radius 3 is 2.00 bits per heavy atom. The second-order valence-corrected chi connectivity index (χ2v) is 3.54. The summed E-state index contributed by atoms with van der Waals surface area (Å²) in [4.78, 5) is 14.7. The third kappa shape index (κ3) is 3.06. The molecule has 1 aromatic heterocycles. The number of rotatable bonds is 2. The van der Waals surface area contributed by atoms with Crippen LogP contribution in [0.25, 0.3) is 0 Å². The molecule has 0 aliphatic rings. The van der Waals surface area contributed by atoms with Gasteiger partial charge in [-0.15, -0.1) is 5.69 Å². The van der Waals surface area contributed by atoms with Gasteiger partial charge in [-0.3, -0.25) is 4.79 Å². The van der Waals surface area contributed by atoms with Crippen LogP contribution in [0.1, 0.15) is 51.0 Å². The van der Waals surface area contributed by atoms with Crippen molar-refractivity contribution < 1.29 is 37.1 Å². The molecule has 1 heterocycles. The summed E-state index contributed by atoms with van der Waals surface area (Å²) < 4.78 is 4.97. The van der Waals surface area contributed by atoms with Gasteiger partial charge in [0, 0.05) is 38.6 Å². The third-order valence-corrected chi connectivity index (χ3v) is 1.73. The number of hydrogen-bond acceptors (Lipinski definition) is 2. The first-order valence-corrected chi connectivity index (χ1v) is 4.20. The van der Waals surface area contributed by atoms with E-state index in [1.54, 1.807) is 0 Å². The molecule has 0 N–H and O–H groups in total. The van der Waals surface area contributed by atoms with E-state index in [2.05, 4.69) is 4.98 Å². The van der Waals surface area contributed by atoms with Gasteiger partial charge in [0.1, 0.15) is 0 Å². The van der Waals surface area contributed by atoms with Crippen molar-refractivity contribution in [2.45, 2.75) is 39.5 Å². The van der Waals surface area contributed by atoms with Gasteiger partial charge in [-0.25, -0.2) is 0 Å². The molecule has 0 aromatic carbocycles. The average molecular weight is 257 g/mol. The smallest absolute Gasteiger partial charge is 0.237 e. The van der Waals surface area contributed by atoms with Crippen LogP contribution in [0, 0.1) is 0 Å². The Balaban J connectivity index is 0.00000144. The number of hydrogen-bond donors (Lipinski definition) is 0. The van der Waals surface area contributed by atoms with Gasteiger partial charge in [-0.1, -0.05) is 27.7 Å². The van der Waals surface area contributed by atoms with Crippen LogP contribution in [-0.4, -0.2) is 0 Å². The summed E-state index contributed by atoms with van der Waals surface area (Å²) in [5, 5.41) is 0. The molecule has 4 heteroatoms. The molecule has 0 saturated heterocycles. The molecule has 1 rings (SSSR count). The maximum atomic E-state index is 10.8. The Hall–Kier alpha value is 0.114. The van der Waals surface area contributed by atoms with Gasteiger partial charge in [0.25, 0.3) is 0 Å². The van der Waals surface area contributed by atoms with Gasteiger partial charge < -0.3 is 9.40 Å². The number of oxazole rings is 1. The molecule has 3 nitrogen and oxygen atoms in total. The minimum Gasteiger partial charge on any atom is -0.591 e.